The van der Waals surface area contributed by atoms with Crippen LogP contribution in [0.3, 0.4) is 0 Å². The normalized spacial score (nSPS) is 42.7. The van der Waals surface area contributed by atoms with Gasteiger partial charge in [-0.15, -0.1) is 0 Å². The van der Waals surface area contributed by atoms with E-state index in [2.05, 4.69) is 48.5 Å². The molecule has 0 radical (unpaired) electrons. The summed E-state index contributed by atoms with van der Waals surface area (Å²) in [6, 6.07) is 9.26. The van der Waals surface area contributed by atoms with Gasteiger partial charge in [0, 0.05) is 35.2 Å². The van der Waals surface area contributed by atoms with Crippen molar-refractivity contribution in [1.82, 2.24) is 0 Å². The highest BCUT2D eigenvalue weighted by molar-refractivity contribution is 5.99. The molecule has 0 aliphatic heterocycles. The van der Waals surface area contributed by atoms with E-state index in [0.717, 1.165) is 63.4 Å². The smallest absolute Gasteiger partial charge is 0.338 e. The minimum absolute atomic E-state index is 0.00747. The lowest BCUT2D eigenvalue weighted by molar-refractivity contribution is -0.171. The predicted molar refractivity (Wildman–Crippen MR) is 172 cm³/mol. The second kappa shape index (κ2) is 10.3. The number of benzene rings is 1. The Morgan fingerprint density at radius 3 is 2.23 bits per heavy atom. The second-order valence-electron chi connectivity index (χ2n) is 17.3. The summed E-state index contributed by atoms with van der Waals surface area (Å²) in [5, 5.41) is 0. The number of Topliss-reactive ketones (excluding diaryl/α,β-unsaturated/α-hetero) is 1. The van der Waals surface area contributed by atoms with Crippen molar-refractivity contribution < 1.29 is 23.9 Å². The monoisotopic (exact) mass is 602 g/mol. The summed E-state index contributed by atoms with van der Waals surface area (Å²) >= 11 is 0. The Hall–Kier alpha value is -2.43. The number of rotatable bonds is 4. The van der Waals surface area contributed by atoms with Gasteiger partial charge in [-0.1, -0.05) is 72.2 Å². The Bertz CT molecular complexity index is 1390. The van der Waals surface area contributed by atoms with E-state index in [0.29, 0.717) is 30.3 Å². The zero-order chi connectivity index (χ0) is 31.9. The minimum Gasteiger partial charge on any atom is -0.465 e. The third-order valence-corrected chi connectivity index (χ3v) is 14.5. The first kappa shape index (κ1) is 31.5. The maximum absolute atomic E-state index is 14.6. The molecule has 0 amide bonds. The summed E-state index contributed by atoms with van der Waals surface area (Å²) < 4.78 is 11.8. The van der Waals surface area contributed by atoms with Crippen molar-refractivity contribution in [3.8, 4) is 0 Å². The first-order valence-electron chi connectivity index (χ1n) is 17.2. The quantitative estimate of drug-likeness (QED) is 0.322. The minimum atomic E-state index is -0.319. The molecule has 5 aliphatic carbocycles. The summed E-state index contributed by atoms with van der Waals surface area (Å²) in [5.74, 6) is 0.469. The number of hydrogen-bond donors (Lipinski definition) is 0. The Labute approximate surface area is 264 Å². The van der Waals surface area contributed by atoms with E-state index in [1.54, 1.807) is 0 Å². The van der Waals surface area contributed by atoms with Crippen LogP contribution in [0.15, 0.2) is 41.5 Å². The highest BCUT2D eigenvalue weighted by Gasteiger charge is 2.67. The van der Waals surface area contributed by atoms with Crippen LogP contribution in [0.4, 0.5) is 0 Å². The summed E-state index contributed by atoms with van der Waals surface area (Å²) in [4.78, 5) is 39.4. The predicted octanol–water partition coefficient (Wildman–Crippen LogP) is 8.90. The number of fused-ring (bicyclic) bond motifs is 6. The SMILES string of the molecule is CC(=O)OCC1(C)CCC2(C)CCC3(C)C4=C(CCC3(C)C2C1)C1(C)CCC(OC(=O)c2ccccc2)C(C)(C)C1CC4=O. The molecule has 5 heteroatoms. The zero-order valence-corrected chi connectivity index (χ0v) is 28.4. The summed E-state index contributed by atoms with van der Waals surface area (Å²) in [6.07, 6.45) is 9.59. The molecule has 1 aromatic rings. The van der Waals surface area contributed by atoms with Gasteiger partial charge in [0.2, 0.25) is 0 Å². The summed E-state index contributed by atoms with van der Waals surface area (Å²) in [6.45, 7) is 18.6. The van der Waals surface area contributed by atoms with Gasteiger partial charge in [-0.2, -0.15) is 0 Å². The van der Waals surface area contributed by atoms with E-state index >= 15 is 0 Å². The fourth-order valence-corrected chi connectivity index (χ4v) is 11.4. The van der Waals surface area contributed by atoms with E-state index in [1.165, 1.54) is 12.5 Å². The lowest BCUT2D eigenvalue weighted by Gasteiger charge is -2.69. The van der Waals surface area contributed by atoms with Crippen LogP contribution < -0.4 is 0 Å². The molecule has 0 heterocycles. The van der Waals surface area contributed by atoms with Crippen LogP contribution in [0, 0.1) is 44.3 Å². The first-order valence-corrected chi connectivity index (χ1v) is 17.2. The zero-order valence-electron chi connectivity index (χ0n) is 28.4. The number of ketones is 1. The van der Waals surface area contributed by atoms with Crippen molar-refractivity contribution >= 4 is 17.7 Å². The molecule has 8 unspecified atom stereocenters. The number of carbonyl (C=O) groups is 3. The molecule has 0 N–H and O–H groups in total. The Morgan fingerprint density at radius 1 is 0.864 bits per heavy atom. The fraction of sp³-hybridized carbons (Fsp3) is 0.718. The van der Waals surface area contributed by atoms with E-state index < -0.39 is 0 Å². The maximum atomic E-state index is 14.6. The average Bonchev–Trinajstić information content (AvgIpc) is 2.97. The van der Waals surface area contributed by atoms with Crippen molar-refractivity contribution in [2.45, 2.75) is 126 Å². The van der Waals surface area contributed by atoms with Crippen LogP contribution in [-0.4, -0.2) is 30.4 Å². The van der Waals surface area contributed by atoms with E-state index in [-0.39, 0.29) is 56.5 Å². The number of carbonyl (C=O) groups excluding carboxylic acids is 3. The second-order valence-corrected chi connectivity index (χ2v) is 17.3. The lowest BCUT2D eigenvalue weighted by Crippen LogP contribution is -2.63. The van der Waals surface area contributed by atoms with Crippen LogP contribution in [-0.2, 0) is 19.1 Å². The van der Waals surface area contributed by atoms with Crippen molar-refractivity contribution in [3.63, 3.8) is 0 Å². The molecule has 1 aromatic carbocycles. The largest absolute Gasteiger partial charge is 0.465 e. The van der Waals surface area contributed by atoms with E-state index in [4.69, 9.17) is 9.47 Å². The van der Waals surface area contributed by atoms with Crippen LogP contribution in [0.2, 0.25) is 0 Å². The molecule has 0 bridgehead atoms. The van der Waals surface area contributed by atoms with Gasteiger partial charge in [0.15, 0.2) is 5.78 Å². The van der Waals surface area contributed by atoms with Crippen LogP contribution >= 0.6 is 0 Å². The molecule has 240 valence electrons. The molecule has 8 atom stereocenters. The van der Waals surface area contributed by atoms with Crippen LogP contribution in [0.1, 0.15) is 130 Å². The van der Waals surface area contributed by atoms with Gasteiger partial charge in [0.25, 0.3) is 0 Å². The maximum Gasteiger partial charge on any atom is 0.338 e. The molecular weight excluding hydrogens is 548 g/mol. The Balaban J connectivity index is 1.33. The molecule has 3 saturated carbocycles. The molecule has 5 nitrogen and oxygen atoms in total. The van der Waals surface area contributed by atoms with Gasteiger partial charge in [-0.25, -0.2) is 4.79 Å². The number of allylic oxidation sites excluding steroid dienone is 2. The Morgan fingerprint density at radius 2 is 1.55 bits per heavy atom. The van der Waals surface area contributed by atoms with Crippen molar-refractivity contribution in [1.29, 1.82) is 0 Å². The van der Waals surface area contributed by atoms with Gasteiger partial charge in [-0.05, 0) is 98.0 Å². The first-order chi connectivity index (χ1) is 20.5. The van der Waals surface area contributed by atoms with Crippen LogP contribution in [0.25, 0.3) is 0 Å². The highest BCUT2D eigenvalue weighted by Crippen LogP contribution is 2.74. The Kier molecular flexibility index (Phi) is 7.38. The van der Waals surface area contributed by atoms with E-state index in [1.807, 2.05) is 30.3 Å². The number of esters is 2. The van der Waals surface area contributed by atoms with Gasteiger partial charge in [-0.3, -0.25) is 9.59 Å². The molecule has 44 heavy (non-hydrogen) atoms. The topological polar surface area (TPSA) is 69.7 Å². The molecule has 0 spiro atoms. The molecule has 0 saturated heterocycles. The molecule has 6 rings (SSSR count). The van der Waals surface area contributed by atoms with Gasteiger partial charge >= 0.3 is 11.9 Å². The van der Waals surface area contributed by atoms with Gasteiger partial charge in [0.1, 0.15) is 6.10 Å². The number of hydrogen-bond acceptors (Lipinski definition) is 5. The molecule has 0 aromatic heterocycles. The lowest BCUT2D eigenvalue weighted by atomic mass is 9.35. The molecule has 5 aliphatic rings. The summed E-state index contributed by atoms with van der Waals surface area (Å²) in [7, 11) is 0. The highest BCUT2D eigenvalue weighted by atomic mass is 16.5. The average molecular weight is 603 g/mol. The molecular formula is C39H54O5. The van der Waals surface area contributed by atoms with Crippen molar-refractivity contribution in [2.75, 3.05) is 6.61 Å². The van der Waals surface area contributed by atoms with Crippen molar-refractivity contribution in [3.05, 3.63) is 47.0 Å². The third kappa shape index (κ3) is 4.56. The molecule has 3 fully saturated rings. The van der Waals surface area contributed by atoms with Crippen LogP contribution in [0.5, 0.6) is 0 Å². The van der Waals surface area contributed by atoms with E-state index in [9.17, 15) is 14.4 Å². The number of ether oxygens (including phenoxy) is 2. The standard InChI is InChI=1S/C39H54O5/c1-25(40)43-24-35(4)18-19-36(5)20-21-39(8)32-27(14-17-38(39,7)30(36)23-35)37(6)16-15-31(34(2,3)29(37)22-28(32)41)44-33(42)26-12-10-9-11-13-26/h9-13,29-31H,14-24H2,1-8H3. The summed E-state index contributed by atoms with van der Waals surface area (Å²) in [5.41, 5.74) is 2.82. The van der Waals surface area contributed by atoms with Gasteiger partial charge in [0.05, 0.1) is 12.2 Å². The fourth-order valence-electron chi connectivity index (χ4n) is 11.4. The third-order valence-electron chi connectivity index (χ3n) is 14.5. The van der Waals surface area contributed by atoms with Crippen molar-refractivity contribution in [2.24, 2.45) is 44.3 Å². The van der Waals surface area contributed by atoms with Gasteiger partial charge < -0.3 is 9.47 Å².